The van der Waals surface area contributed by atoms with Gasteiger partial charge in [-0.15, -0.1) is 0 Å². The molecule has 1 atom stereocenters. The number of amides is 1. The van der Waals surface area contributed by atoms with Gasteiger partial charge in [-0.1, -0.05) is 16.5 Å². The van der Waals surface area contributed by atoms with E-state index in [2.05, 4.69) is 26.2 Å². The molecule has 1 amide bonds. The van der Waals surface area contributed by atoms with Gasteiger partial charge in [0.25, 0.3) is 0 Å². The lowest BCUT2D eigenvalue weighted by molar-refractivity contribution is 0.0293. The first-order valence-electron chi connectivity index (χ1n) is 9.46. The van der Waals surface area contributed by atoms with Gasteiger partial charge >= 0.3 is 6.09 Å². The summed E-state index contributed by atoms with van der Waals surface area (Å²) in [4.78, 5) is 18.4. The minimum atomic E-state index is -0.569. The molecule has 1 aromatic heterocycles. The van der Waals surface area contributed by atoms with Crippen molar-refractivity contribution in [2.75, 3.05) is 18.4 Å². The molecule has 10 nitrogen and oxygen atoms in total. The van der Waals surface area contributed by atoms with E-state index < -0.39 is 11.4 Å². The smallest absolute Gasteiger partial charge is 0.410 e. The predicted molar refractivity (Wildman–Crippen MR) is 111 cm³/mol. The van der Waals surface area contributed by atoms with E-state index in [9.17, 15) is 9.18 Å². The number of hydrogen-bond acceptors (Lipinski definition) is 7. The molecule has 2 aromatic rings. The van der Waals surface area contributed by atoms with E-state index in [0.29, 0.717) is 36.1 Å². The van der Waals surface area contributed by atoms with Crippen molar-refractivity contribution in [2.24, 2.45) is 16.3 Å². The van der Waals surface area contributed by atoms with E-state index in [0.717, 1.165) is 0 Å². The van der Waals surface area contributed by atoms with Crippen LogP contribution in [0.25, 0.3) is 10.8 Å². The Kier molecular flexibility index (Phi) is 5.99. The minimum Gasteiger partial charge on any atom is -0.444 e. The fourth-order valence-electron chi connectivity index (χ4n) is 3.16. The third-order valence-electron chi connectivity index (χ3n) is 4.45. The number of halogens is 1. The van der Waals surface area contributed by atoms with Crippen molar-refractivity contribution < 1.29 is 13.9 Å². The molecule has 5 N–H and O–H groups in total. The van der Waals surface area contributed by atoms with Gasteiger partial charge in [0.15, 0.2) is 5.84 Å². The molecule has 30 heavy (non-hydrogen) atoms. The zero-order chi connectivity index (χ0) is 21.9. The Morgan fingerprint density at radius 3 is 2.87 bits per heavy atom. The number of carbonyl (C=O) groups is 1. The Balaban J connectivity index is 1.83. The number of likely N-dealkylation sites (tertiary alicyclic amines) is 1. The average Bonchev–Trinajstić information content (AvgIpc) is 3.13. The highest BCUT2D eigenvalue weighted by atomic mass is 19.1. The number of anilines is 1. The van der Waals surface area contributed by atoms with Gasteiger partial charge in [-0.3, -0.25) is 5.41 Å². The monoisotopic (exact) mass is 416 g/mol. The number of nitrogens with two attached hydrogens (primary N) is 1. The van der Waals surface area contributed by atoms with E-state index in [1.165, 1.54) is 12.1 Å². The van der Waals surface area contributed by atoms with Gasteiger partial charge in [-0.2, -0.15) is 0 Å². The van der Waals surface area contributed by atoms with E-state index in [4.69, 9.17) is 16.0 Å². The quantitative estimate of drug-likeness (QED) is 0.198. The summed E-state index contributed by atoms with van der Waals surface area (Å²) in [6.45, 7) is 6.42. The Bertz CT molecular complexity index is 988. The molecule has 0 unspecified atom stereocenters. The number of amidine groups is 1. The maximum Gasteiger partial charge on any atom is 0.410 e. The first-order chi connectivity index (χ1) is 14.2. The van der Waals surface area contributed by atoms with E-state index in [-0.39, 0.29) is 23.7 Å². The predicted octanol–water partition coefficient (Wildman–Crippen LogP) is 2.95. The largest absolute Gasteiger partial charge is 0.444 e. The van der Waals surface area contributed by atoms with Crippen LogP contribution in [0.4, 0.5) is 15.0 Å². The first-order valence-corrected chi connectivity index (χ1v) is 9.46. The number of aromatic nitrogens is 1. The Morgan fingerprint density at radius 2 is 2.17 bits per heavy atom. The minimum absolute atomic E-state index is 0.0994. The zero-order valence-electron chi connectivity index (χ0n) is 17.1. The molecule has 1 aromatic carbocycles. The molecule has 3 rings (SSSR count). The standard InChI is InChI=1S/C19H25FN8O2/c1-19(2,3)30-18(29)28-7-6-13(10-28)23-17-14-9-12(20)5-4-11(14)8-15(24-17)16(21)25-27-26-22/h4-5,8-9,13H,6-7,10H2,1-3H3,(H2,22,27)(H,23,24)(H2,21,25,26)/t13-/m0/s1. The molecule has 1 fully saturated rings. The fourth-order valence-corrected chi connectivity index (χ4v) is 3.16. The maximum absolute atomic E-state index is 13.9. The molecular weight excluding hydrogens is 391 g/mol. The molecule has 2 heterocycles. The van der Waals surface area contributed by atoms with Gasteiger partial charge in [-0.05, 0) is 50.8 Å². The topological polar surface area (TPSA) is 141 Å². The van der Waals surface area contributed by atoms with Gasteiger partial charge in [0.1, 0.15) is 22.9 Å². The van der Waals surface area contributed by atoms with Crippen LogP contribution in [-0.2, 0) is 4.74 Å². The zero-order valence-corrected chi connectivity index (χ0v) is 17.1. The van der Waals surface area contributed by atoms with Crippen LogP contribution in [0.15, 0.2) is 34.7 Å². The number of pyridine rings is 1. The van der Waals surface area contributed by atoms with Crippen LogP contribution in [0.1, 0.15) is 32.9 Å². The van der Waals surface area contributed by atoms with Crippen LogP contribution >= 0.6 is 0 Å². The molecule has 1 aliphatic heterocycles. The van der Waals surface area contributed by atoms with Crippen molar-refractivity contribution in [1.29, 1.82) is 5.41 Å². The summed E-state index contributed by atoms with van der Waals surface area (Å²) >= 11 is 0. The molecule has 0 spiro atoms. The normalized spacial score (nSPS) is 16.8. The number of nitrogens with one attached hydrogen (secondary N) is 3. The van der Waals surface area contributed by atoms with E-state index in [1.54, 1.807) is 17.0 Å². The first kappa shape index (κ1) is 21.2. The van der Waals surface area contributed by atoms with Gasteiger partial charge in [-0.25, -0.2) is 19.6 Å². The number of ether oxygens (including phenoxy) is 1. The molecule has 160 valence electrons. The summed E-state index contributed by atoms with van der Waals surface area (Å²) in [7, 11) is 0. The third-order valence-corrected chi connectivity index (χ3v) is 4.45. The number of benzene rings is 1. The van der Waals surface area contributed by atoms with Gasteiger partial charge < -0.3 is 20.8 Å². The van der Waals surface area contributed by atoms with Gasteiger partial charge in [0.2, 0.25) is 0 Å². The molecule has 0 aliphatic carbocycles. The lowest BCUT2D eigenvalue weighted by Gasteiger charge is -2.24. The molecular formula is C19H25FN8O2. The average molecular weight is 416 g/mol. The highest BCUT2D eigenvalue weighted by Gasteiger charge is 2.30. The van der Waals surface area contributed by atoms with Crippen molar-refractivity contribution in [2.45, 2.75) is 38.8 Å². The maximum atomic E-state index is 13.9. The van der Waals surface area contributed by atoms with Crippen molar-refractivity contribution in [1.82, 2.24) is 15.3 Å². The molecule has 0 radical (unpaired) electrons. The molecule has 1 aliphatic rings. The second-order valence-electron chi connectivity index (χ2n) is 7.98. The van der Waals surface area contributed by atoms with Gasteiger partial charge in [0, 0.05) is 24.5 Å². The SMILES string of the molecule is CC(C)(C)OC(=O)N1CC[C@H](Nc2nc(C(=N)NN=NN)cc3ccc(F)cc23)C1. The molecule has 11 heteroatoms. The Labute approximate surface area is 173 Å². The Hall–Kier alpha value is -3.50. The summed E-state index contributed by atoms with van der Waals surface area (Å²) < 4.78 is 19.3. The number of rotatable bonds is 4. The lowest BCUT2D eigenvalue weighted by Crippen LogP contribution is -2.36. The van der Waals surface area contributed by atoms with Crippen molar-refractivity contribution in [3.8, 4) is 0 Å². The van der Waals surface area contributed by atoms with Crippen LogP contribution < -0.4 is 16.6 Å². The fraction of sp³-hybridized carbons (Fsp3) is 0.421. The Morgan fingerprint density at radius 1 is 1.40 bits per heavy atom. The van der Waals surface area contributed by atoms with E-state index >= 15 is 0 Å². The van der Waals surface area contributed by atoms with Crippen LogP contribution in [0.2, 0.25) is 0 Å². The van der Waals surface area contributed by atoms with Crippen molar-refractivity contribution in [3.05, 3.63) is 35.8 Å². The van der Waals surface area contributed by atoms with Crippen LogP contribution in [-0.4, -0.2) is 46.5 Å². The summed E-state index contributed by atoms with van der Waals surface area (Å²) in [5.41, 5.74) is 2.09. The van der Waals surface area contributed by atoms with Crippen molar-refractivity contribution >= 4 is 28.5 Å². The number of fused-ring (bicyclic) bond motifs is 1. The number of carbonyl (C=O) groups excluding carboxylic acids is 1. The molecule has 0 bridgehead atoms. The van der Waals surface area contributed by atoms with Crippen LogP contribution in [0, 0.1) is 11.2 Å². The second kappa shape index (κ2) is 8.47. The number of nitrogens with zero attached hydrogens (tertiary/aromatic N) is 4. The highest BCUT2D eigenvalue weighted by Crippen LogP contribution is 2.26. The summed E-state index contributed by atoms with van der Waals surface area (Å²) in [5.74, 6) is 4.86. The lowest BCUT2D eigenvalue weighted by atomic mass is 10.1. The summed E-state index contributed by atoms with van der Waals surface area (Å²) in [6, 6.07) is 5.87. The second-order valence-corrected chi connectivity index (χ2v) is 7.98. The van der Waals surface area contributed by atoms with Crippen LogP contribution in [0.5, 0.6) is 0 Å². The molecule has 1 saturated heterocycles. The third kappa shape index (κ3) is 5.10. The summed E-state index contributed by atoms with van der Waals surface area (Å²) in [5, 5.41) is 19.0. The van der Waals surface area contributed by atoms with Crippen LogP contribution in [0.3, 0.4) is 0 Å². The molecule has 0 saturated carbocycles. The highest BCUT2D eigenvalue weighted by molar-refractivity contribution is 6.01. The van der Waals surface area contributed by atoms with Gasteiger partial charge in [0.05, 0.1) is 0 Å². The van der Waals surface area contributed by atoms with Crippen molar-refractivity contribution in [3.63, 3.8) is 0 Å². The van der Waals surface area contributed by atoms with E-state index in [1.807, 2.05) is 20.8 Å². The summed E-state index contributed by atoms with van der Waals surface area (Å²) in [6.07, 6.45) is 0.307. The number of hydrogen-bond donors (Lipinski definition) is 4.